The van der Waals surface area contributed by atoms with Crippen LogP contribution < -0.4 is 5.32 Å². The van der Waals surface area contributed by atoms with Crippen LogP contribution in [0.2, 0.25) is 0 Å². The second kappa shape index (κ2) is 5.96. The van der Waals surface area contributed by atoms with Crippen LogP contribution in [0.15, 0.2) is 24.5 Å². The summed E-state index contributed by atoms with van der Waals surface area (Å²) < 4.78 is 4.93. The molecular formula is C13H14N4O3. The average molecular weight is 274 g/mol. The van der Waals surface area contributed by atoms with Crippen LogP contribution in [0.3, 0.4) is 0 Å². The van der Waals surface area contributed by atoms with Gasteiger partial charge in [-0.25, -0.2) is 4.79 Å². The van der Waals surface area contributed by atoms with Gasteiger partial charge in [-0.15, -0.1) is 0 Å². The number of ether oxygens (including phenoxy) is 1. The van der Waals surface area contributed by atoms with E-state index in [-0.39, 0.29) is 18.0 Å². The van der Waals surface area contributed by atoms with Crippen LogP contribution in [-0.4, -0.2) is 33.7 Å². The summed E-state index contributed by atoms with van der Waals surface area (Å²) in [5.41, 5.74) is 1.14. The fourth-order valence-electron chi connectivity index (χ4n) is 1.65. The SMILES string of the molecule is CCOC(=O)c1c(NC(=O)c2cccnc2)n[nH]c1C. The first kappa shape index (κ1) is 13.7. The second-order valence-corrected chi connectivity index (χ2v) is 3.99. The fraction of sp³-hybridized carbons (Fsp3) is 0.231. The lowest BCUT2D eigenvalue weighted by Gasteiger charge is -2.05. The van der Waals surface area contributed by atoms with E-state index in [0.29, 0.717) is 11.3 Å². The van der Waals surface area contributed by atoms with Gasteiger partial charge in [0.1, 0.15) is 5.56 Å². The van der Waals surface area contributed by atoms with Gasteiger partial charge in [0, 0.05) is 18.1 Å². The van der Waals surface area contributed by atoms with Crippen molar-refractivity contribution in [1.82, 2.24) is 15.2 Å². The molecule has 0 aliphatic rings. The minimum Gasteiger partial charge on any atom is -0.462 e. The zero-order chi connectivity index (χ0) is 14.5. The highest BCUT2D eigenvalue weighted by Gasteiger charge is 2.21. The molecule has 0 fully saturated rings. The topological polar surface area (TPSA) is 97.0 Å². The second-order valence-electron chi connectivity index (χ2n) is 3.99. The molecule has 1 amide bonds. The number of hydrogen-bond donors (Lipinski definition) is 2. The lowest BCUT2D eigenvalue weighted by Crippen LogP contribution is -2.16. The number of aryl methyl sites for hydroxylation is 1. The molecule has 2 rings (SSSR count). The smallest absolute Gasteiger partial charge is 0.343 e. The number of rotatable bonds is 4. The summed E-state index contributed by atoms with van der Waals surface area (Å²) in [5.74, 6) is -0.773. The molecule has 2 N–H and O–H groups in total. The van der Waals surface area contributed by atoms with Crippen molar-refractivity contribution in [2.45, 2.75) is 13.8 Å². The van der Waals surface area contributed by atoms with Gasteiger partial charge in [0.15, 0.2) is 5.82 Å². The van der Waals surface area contributed by atoms with Crippen molar-refractivity contribution < 1.29 is 14.3 Å². The molecule has 0 bridgehead atoms. The van der Waals surface area contributed by atoms with Gasteiger partial charge in [-0.05, 0) is 26.0 Å². The number of aromatic nitrogens is 3. The minimum absolute atomic E-state index is 0.148. The summed E-state index contributed by atoms with van der Waals surface area (Å²) in [4.78, 5) is 27.7. The number of nitrogens with zero attached hydrogens (tertiary/aromatic N) is 2. The third-order valence-corrected chi connectivity index (χ3v) is 2.58. The molecule has 2 heterocycles. The number of H-pyrrole nitrogens is 1. The average Bonchev–Trinajstić information content (AvgIpc) is 2.81. The van der Waals surface area contributed by atoms with Gasteiger partial charge in [-0.1, -0.05) is 0 Å². The summed E-state index contributed by atoms with van der Waals surface area (Å²) in [6, 6.07) is 3.27. The van der Waals surface area contributed by atoms with Crippen LogP contribution in [0.1, 0.15) is 33.3 Å². The highest BCUT2D eigenvalue weighted by molar-refractivity contribution is 6.07. The summed E-state index contributed by atoms with van der Waals surface area (Å²) in [6.07, 6.45) is 3.00. The van der Waals surface area contributed by atoms with Crippen molar-refractivity contribution in [2.24, 2.45) is 0 Å². The van der Waals surface area contributed by atoms with Gasteiger partial charge < -0.3 is 10.1 Å². The van der Waals surface area contributed by atoms with E-state index in [1.165, 1.54) is 6.20 Å². The summed E-state index contributed by atoms with van der Waals surface area (Å²) in [7, 11) is 0. The van der Waals surface area contributed by atoms with Crippen LogP contribution >= 0.6 is 0 Å². The van der Waals surface area contributed by atoms with E-state index in [1.807, 2.05) is 0 Å². The summed E-state index contributed by atoms with van der Waals surface area (Å²) >= 11 is 0. The molecule has 0 saturated heterocycles. The molecule has 0 aliphatic heterocycles. The Morgan fingerprint density at radius 2 is 2.25 bits per heavy atom. The molecule has 7 heteroatoms. The molecule has 20 heavy (non-hydrogen) atoms. The zero-order valence-electron chi connectivity index (χ0n) is 11.1. The first-order chi connectivity index (χ1) is 9.63. The number of nitrogens with one attached hydrogen (secondary N) is 2. The number of anilines is 1. The lowest BCUT2D eigenvalue weighted by atomic mass is 10.2. The van der Waals surface area contributed by atoms with Crippen LogP contribution in [0.25, 0.3) is 0 Å². The van der Waals surface area contributed by atoms with Gasteiger partial charge in [-0.2, -0.15) is 5.10 Å². The fourth-order valence-corrected chi connectivity index (χ4v) is 1.65. The maximum absolute atomic E-state index is 12.0. The molecule has 104 valence electrons. The van der Waals surface area contributed by atoms with Gasteiger partial charge in [0.05, 0.1) is 12.2 Å². The van der Waals surface area contributed by atoms with Crippen molar-refractivity contribution in [1.29, 1.82) is 0 Å². The molecule has 0 atom stereocenters. The van der Waals surface area contributed by atoms with E-state index >= 15 is 0 Å². The van der Waals surface area contributed by atoms with E-state index in [1.54, 1.807) is 32.2 Å². The van der Waals surface area contributed by atoms with Crippen LogP contribution in [0.4, 0.5) is 5.82 Å². The monoisotopic (exact) mass is 274 g/mol. The molecule has 0 unspecified atom stereocenters. The summed E-state index contributed by atoms with van der Waals surface area (Å²) in [5, 5.41) is 9.12. The molecule has 2 aromatic heterocycles. The Kier molecular flexibility index (Phi) is 4.09. The number of esters is 1. The molecule has 0 spiro atoms. The quantitative estimate of drug-likeness (QED) is 0.824. The Balaban J connectivity index is 2.22. The normalized spacial score (nSPS) is 10.1. The molecule has 0 aromatic carbocycles. The van der Waals surface area contributed by atoms with Crippen LogP contribution in [0.5, 0.6) is 0 Å². The first-order valence-corrected chi connectivity index (χ1v) is 6.07. The molecule has 0 aliphatic carbocycles. The standard InChI is InChI=1S/C13H14N4O3/c1-3-20-13(19)10-8(2)16-17-11(10)15-12(18)9-5-4-6-14-7-9/h4-7H,3H2,1-2H3,(H2,15,16,17,18). The Bertz CT molecular complexity index is 622. The largest absolute Gasteiger partial charge is 0.462 e. The van der Waals surface area contributed by atoms with Crippen molar-refractivity contribution in [3.8, 4) is 0 Å². The molecule has 2 aromatic rings. The van der Waals surface area contributed by atoms with Gasteiger partial charge in [0.2, 0.25) is 0 Å². The molecule has 0 radical (unpaired) electrons. The van der Waals surface area contributed by atoms with Crippen molar-refractivity contribution in [2.75, 3.05) is 11.9 Å². The van der Waals surface area contributed by atoms with E-state index in [9.17, 15) is 9.59 Å². The Labute approximate surface area is 115 Å². The van der Waals surface area contributed by atoms with Crippen LogP contribution in [-0.2, 0) is 4.74 Å². The Morgan fingerprint density at radius 1 is 1.45 bits per heavy atom. The highest BCUT2D eigenvalue weighted by Crippen LogP contribution is 2.18. The number of hydrogen-bond acceptors (Lipinski definition) is 5. The number of carbonyl (C=O) groups is 2. The number of aromatic amines is 1. The predicted octanol–water partition coefficient (Wildman–Crippen LogP) is 1.54. The Hall–Kier alpha value is -2.70. The third kappa shape index (κ3) is 2.82. The lowest BCUT2D eigenvalue weighted by molar-refractivity contribution is 0.0527. The molecular weight excluding hydrogens is 260 g/mol. The van der Waals surface area contributed by atoms with E-state index in [2.05, 4.69) is 20.5 Å². The van der Waals surface area contributed by atoms with Crippen LogP contribution in [0, 0.1) is 6.92 Å². The zero-order valence-corrected chi connectivity index (χ0v) is 11.1. The molecule has 0 saturated carbocycles. The minimum atomic E-state index is -0.528. The van der Waals surface area contributed by atoms with Crippen molar-refractivity contribution in [3.63, 3.8) is 0 Å². The first-order valence-electron chi connectivity index (χ1n) is 6.07. The summed E-state index contributed by atoms with van der Waals surface area (Å²) in [6.45, 7) is 3.64. The van der Waals surface area contributed by atoms with Crippen molar-refractivity contribution in [3.05, 3.63) is 41.3 Å². The maximum Gasteiger partial charge on any atom is 0.343 e. The van der Waals surface area contributed by atoms with Crippen molar-refractivity contribution >= 4 is 17.7 Å². The van der Waals surface area contributed by atoms with Gasteiger partial charge in [0.25, 0.3) is 5.91 Å². The van der Waals surface area contributed by atoms with E-state index in [4.69, 9.17) is 4.74 Å². The Morgan fingerprint density at radius 3 is 2.90 bits per heavy atom. The van der Waals surface area contributed by atoms with E-state index in [0.717, 1.165) is 0 Å². The predicted molar refractivity (Wildman–Crippen MR) is 71.5 cm³/mol. The number of carbonyl (C=O) groups excluding carboxylic acids is 2. The maximum atomic E-state index is 12.0. The third-order valence-electron chi connectivity index (χ3n) is 2.58. The number of pyridine rings is 1. The highest BCUT2D eigenvalue weighted by atomic mass is 16.5. The molecule has 7 nitrogen and oxygen atoms in total. The number of amides is 1. The van der Waals surface area contributed by atoms with Gasteiger partial charge in [-0.3, -0.25) is 14.9 Å². The van der Waals surface area contributed by atoms with Gasteiger partial charge >= 0.3 is 5.97 Å². The van der Waals surface area contributed by atoms with E-state index < -0.39 is 11.9 Å².